The molecule has 0 atom stereocenters. The lowest BCUT2D eigenvalue weighted by molar-refractivity contribution is 0.122. The summed E-state index contributed by atoms with van der Waals surface area (Å²) in [5.41, 5.74) is 3.32. The van der Waals surface area contributed by atoms with Gasteiger partial charge in [-0.15, -0.1) is 0 Å². The van der Waals surface area contributed by atoms with Gasteiger partial charge in [-0.25, -0.2) is 4.98 Å². The first kappa shape index (κ1) is 20.0. The van der Waals surface area contributed by atoms with Gasteiger partial charge in [0.25, 0.3) is 5.56 Å². The van der Waals surface area contributed by atoms with E-state index in [1.807, 2.05) is 6.20 Å². The van der Waals surface area contributed by atoms with Gasteiger partial charge in [0.1, 0.15) is 0 Å². The number of anilines is 1. The Morgan fingerprint density at radius 1 is 1.17 bits per heavy atom. The van der Waals surface area contributed by atoms with Crippen molar-refractivity contribution >= 4 is 5.95 Å². The highest BCUT2D eigenvalue weighted by Gasteiger charge is 2.23. The molecule has 2 aromatic rings. The van der Waals surface area contributed by atoms with E-state index in [-0.39, 0.29) is 5.56 Å². The highest BCUT2D eigenvalue weighted by Crippen LogP contribution is 2.27. The van der Waals surface area contributed by atoms with Gasteiger partial charge in [-0.05, 0) is 44.0 Å². The van der Waals surface area contributed by atoms with Gasteiger partial charge < -0.3 is 9.64 Å². The predicted octanol–water partition coefficient (Wildman–Crippen LogP) is 2.33. The summed E-state index contributed by atoms with van der Waals surface area (Å²) in [7, 11) is 0. The van der Waals surface area contributed by atoms with Crippen molar-refractivity contribution in [3.05, 3.63) is 51.7 Å². The van der Waals surface area contributed by atoms with E-state index in [9.17, 15) is 4.79 Å². The standard InChI is InChI=1S/C22H31N5O2/c1-2-3-19-5-4-17(15-23-19)16-26-8-6-18(7-9-26)20-14-21(28)25-22(24-20)27-10-12-29-13-11-27/h4-5,14-15,18H,2-3,6-13,16H2,1H3,(H,24,25,28). The molecule has 2 fully saturated rings. The summed E-state index contributed by atoms with van der Waals surface area (Å²) in [6.07, 6.45) is 6.25. The number of hydrogen-bond donors (Lipinski definition) is 1. The van der Waals surface area contributed by atoms with E-state index in [0.717, 1.165) is 64.1 Å². The lowest BCUT2D eigenvalue weighted by Gasteiger charge is -2.32. The molecule has 2 saturated heterocycles. The zero-order valence-corrected chi connectivity index (χ0v) is 17.3. The molecule has 0 aliphatic carbocycles. The fraction of sp³-hybridized carbons (Fsp3) is 0.591. The molecule has 0 bridgehead atoms. The maximum Gasteiger partial charge on any atom is 0.252 e. The number of rotatable bonds is 6. The zero-order valence-electron chi connectivity index (χ0n) is 17.3. The number of pyridine rings is 1. The molecule has 1 N–H and O–H groups in total. The van der Waals surface area contributed by atoms with Crippen LogP contribution < -0.4 is 10.5 Å². The van der Waals surface area contributed by atoms with Crippen LogP contribution in [0.2, 0.25) is 0 Å². The van der Waals surface area contributed by atoms with Gasteiger partial charge in [-0.1, -0.05) is 19.4 Å². The monoisotopic (exact) mass is 397 g/mol. The molecular formula is C22H31N5O2. The summed E-state index contributed by atoms with van der Waals surface area (Å²) >= 11 is 0. The number of aromatic nitrogens is 3. The predicted molar refractivity (Wildman–Crippen MR) is 113 cm³/mol. The van der Waals surface area contributed by atoms with Crippen LogP contribution in [-0.2, 0) is 17.7 Å². The average Bonchev–Trinajstić information content (AvgIpc) is 2.76. The summed E-state index contributed by atoms with van der Waals surface area (Å²) in [6, 6.07) is 6.04. The van der Waals surface area contributed by atoms with Crippen LogP contribution in [0.15, 0.2) is 29.2 Å². The molecule has 2 aliphatic heterocycles. The van der Waals surface area contributed by atoms with Gasteiger partial charge in [-0.3, -0.25) is 19.7 Å². The number of nitrogens with zero attached hydrogens (tertiary/aromatic N) is 4. The van der Waals surface area contributed by atoms with Gasteiger partial charge in [0.05, 0.1) is 18.9 Å². The Labute approximate surface area is 172 Å². The fourth-order valence-corrected chi connectivity index (χ4v) is 4.19. The molecular weight excluding hydrogens is 366 g/mol. The number of ether oxygens (including phenoxy) is 1. The Bertz CT molecular complexity index is 837. The van der Waals surface area contributed by atoms with Crippen LogP contribution in [0.3, 0.4) is 0 Å². The van der Waals surface area contributed by atoms with Gasteiger partial charge in [-0.2, -0.15) is 0 Å². The van der Waals surface area contributed by atoms with Crippen molar-refractivity contribution in [2.45, 2.75) is 45.1 Å². The van der Waals surface area contributed by atoms with E-state index in [1.54, 1.807) is 6.07 Å². The van der Waals surface area contributed by atoms with E-state index in [2.05, 4.69) is 38.8 Å². The third-order valence-electron chi connectivity index (χ3n) is 5.86. The lowest BCUT2D eigenvalue weighted by Crippen LogP contribution is -2.39. The minimum atomic E-state index is -0.0582. The third-order valence-corrected chi connectivity index (χ3v) is 5.86. The minimum absolute atomic E-state index is 0.0582. The van der Waals surface area contributed by atoms with Crippen LogP contribution in [0, 0.1) is 0 Å². The Morgan fingerprint density at radius 3 is 2.66 bits per heavy atom. The van der Waals surface area contributed by atoms with Gasteiger partial charge in [0.2, 0.25) is 5.95 Å². The van der Waals surface area contributed by atoms with Gasteiger partial charge >= 0.3 is 0 Å². The number of nitrogens with one attached hydrogen (secondary N) is 1. The lowest BCUT2D eigenvalue weighted by atomic mass is 9.93. The molecule has 2 aromatic heterocycles. The fourth-order valence-electron chi connectivity index (χ4n) is 4.19. The molecule has 0 aromatic carbocycles. The Balaban J connectivity index is 1.35. The van der Waals surface area contributed by atoms with E-state index in [4.69, 9.17) is 9.72 Å². The summed E-state index contributed by atoms with van der Waals surface area (Å²) in [5, 5.41) is 0. The average molecular weight is 398 g/mol. The van der Waals surface area contributed by atoms with Crippen LogP contribution in [-0.4, -0.2) is 59.2 Å². The molecule has 0 radical (unpaired) electrons. The smallest absolute Gasteiger partial charge is 0.252 e. The Hall–Kier alpha value is -2.25. The van der Waals surface area contributed by atoms with E-state index in [1.165, 1.54) is 11.3 Å². The second kappa shape index (κ2) is 9.50. The number of aromatic amines is 1. The SMILES string of the molecule is CCCc1ccc(CN2CCC(c3cc(=O)[nH]c(N4CCOCC4)n3)CC2)cn1. The summed E-state index contributed by atoms with van der Waals surface area (Å²) in [4.78, 5) is 29.1. The van der Waals surface area contributed by atoms with Crippen molar-refractivity contribution in [3.8, 4) is 0 Å². The Morgan fingerprint density at radius 2 is 1.97 bits per heavy atom. The second-order valence-electron chi connectivity index (χ2n) is 8.05. The van der Waals surface area contributed by atoms with Crippen LogP contribution in [0.4, 0.5) is 5.95 Å². The quantitative estimate of drug-likeness (QED) is 0.806. The summed E-state index contributed by atoms with van der Waals surface area (Å²) < 4.78 is 5.41. The maximum atomic E-state index is 12.2. The van der Waals surface area contributed by atoms with Gasteiger partial charge in [0.15, 0.2) is 0 Å². The van der Waals surface area contributed by atoms with E-state index in [0.29, 0.717) is 25.1 Å². The zero-order chi connectivity index (χ0) is 20.1. The number of H-pyrrole nitrogens is 1. The second-order valence-corrected chi connectivity index (χ2v) is 8.05. The van der Waals surface area contributed by atoms with Crippen molar-refractivity contribution < 1.29 is 4.74 Å². The molecule has 4 rings (SSSR count). The molecule has 7 nitrogen and oxygen atoms in total. The van der Waals surface area contributed by atoms with Crippen LogP contribution in [0.25, 0.3) is 0 Å². The van der Waals surface area contributed by atoms with Crippen LogP contribution >= 0.6 is 0 Å². The molecule has 0 saturated carbocycles. The van der Waals surface area contributed by atoms with Crippen molar-refractivity contribution in [1.82, 2.24) is 19.9 Å². The van der Waals surface area contributed by atoms with Crippen molar-refractivity contribution in [2.75, 3.05) is 44.3 Å². The molecule has 2 aliphatic rings. The van der Waals surface area contributed by atoms with Crippen molar-refractivity contribution in [3.63, 3.8) is 0 Å². The summed E-state index contributed by atoms with van der Waals surface area (Å²) in [6.45, 7) is 8.06. The third kappa shape index (κ3) is 5.22. The molecule has 4 heterocycles. The number of morpholine rings is 1. The first-order valence-corrected chi connectivity index (χ1v) is 10.8. The summed E-state index contributed by atoms with van der Waals surface area (Å²) in [5.74, 6) is 1.04. The molecule has 0 unspecified atom stereocenters. The first-order chi connectivity index (χ1) is 14.2. The number of likely N-dealkylation sites (tertiary alicyclic amines) is 1. The first-order valence-electron chi connectivity index (χ1n) is 10.8. The number of piperidine rings is 1. The normalized spacial score (nSPS) is 18.9. The minimum Gasteiger partial charge on any atom is -0.378 e. The topological polar surface area (TPSA) is 74.4 Å². The van der Waals surface area contributed by atoms with Crippen LogP contribution in [0.5, 0.6) is 0 Å². The largest absolute Gasteiger partial charge is 0.378 e. The van der Waals surface area contributed by atoms with E-state index < -0.39 is 0 Å². The molecule has 0 spiro atoms. The van der Waals surface area contributed by atoms with Crippen LogP contribution in [0.1, 0.15) is 49.1 Å². The molecule has 7 heteroatoms. The van der Waals surface area contributed by atoms with Crippen molar-refractivity contribution in [1.29, 1.82) is 0 Å². The molecule has 0 amide bonds. The Kier molecular flexibility index (Phi) is 6.56. The highest BCUT2D eigenvalue weighted by molar-refractivity contribution is 5.31. The maximum absolute atomic E-state index is 12.2. The number of hydrogen-bond acceptors (Lipinski definition) is 6. The van der Waals surface area contributed by atoms with Crippen molar-refractivity contribution in [2.24, 2.45) is 0 Å². The van der Waals surface area contributed by atoms with E-state index >= 15 is 0 Å². The molecule has 156 valence electrons. The highest BCUT2D eigenvalue weighted by atomic mass is 16.5. The number of aryl methyl sites for hydroxylation is 1. The molecule has 29 heavy (non-hydrogen) atoms. The van der Waals surface area contributed by atoms with Gasteiger partial charge in [0, 0.05) is 43.5 Å².